The van der Waals surface area contributed by atoms with Gasteiger partial charge in [-0.15, -0.1) is 0 Å². The summed E-state index contributed by atoms with van der Waals surface area (Å²) in [6.45, 7) is 7.84. The number of unbranched alkanes of at least 4 members (excludes halogenated alkanes) is 1. The molecular weight excluding hydrogens is 236 g/mol. The average Bonchev–Trinajstić information content (AvgIpc) is 2.45. The molecule has 0 N–H and O–H groups in total. The molecule has 0 amide bonds. The summed E-state index contributed by atoms with van der Waals surface area (Å²) in [7, 11) is 2.11. The van der Waals surface area contributed by atoms with E-state index in [0.717, 1.165) is 37.2 Å². The molecule has 1 aromatic rings. The van der Waals surface area contributed by atoms with Crippen molar-refractivity contribution in [2.24, 2.45) is 5.92 Å². The van der Waals surface area contributed by atoms with Crippen molar-refractivity contribution in [2.45, 2.75) is 39.5 Å². The van der Waals surface area contributed by atoms with Crippen LogP contribution in [-0.4, -0.2) is 36.6 Å². The molecule has 0 aliphatic carbocycles. The van der Waals surface area contributed by atoms with Crippen LogP contribution in [0.25, 0.3) is 0 Å². The minimum atomic E-state index is 0.769. The van der Waals surface area contributed by atoms with Crippen LogP contribution in [0.1, 0.15) is 39.5 Å². The monoisotopic (exact) mass is 262 g/mol. The molecule has 2 rings (SSSR count). The van der Waals surface area contributed by atoms with Crippen molar-refractivity contribution in [3.8, 4) is 0 Å². The van der Waals surface area contributed by atoms with Crippen molar-refractivity contribution in [2.75, 3.05) is 36.5 Å². The van der Waals surface area contributed by atoms with Gasteiger partial charge in [0.25, 0.3) is 0 Å². The van der Waals surface area contributed by atoms with Crippen LogP contribution in [0.2, 0.25) is 0 Å². The predicted octanol–water partition coefficient (Wildman–Crippen LogP) is 2.95. The summed E-state index contributed by atoms with van der Waals surface area (Å²) in [5.41, 5.74) is 0. The number of piperidine rings is 1. The van der Waals surface area contributed by atoms with Gasteiger partial charge in [-0.3, -0.25) is 0 Å². The van der Waals surface area contributed by atoms with Crippen molar-refractivity contribution < 1.29 is 0 Å². The molecule has 1 atom stereocenters. The molecule has 1 saturated heterocycles. The Kier molecular flexibility index (Phi) is 5.00. The molecule has 1 unspecified atom stereocenters. The largest absolute Gasteiger partial charge is 0.360 e. The molecule has 0 bridgehead atoms. The van der Waals surface area contributed by atoms with E-state index in [4.69, 9.17) is 0 Å². The average molecular weight is 262 g/mol. The molecule has 0 saturated carbocycles. The number of nitrogens with zero attached hydrogens (tertiary/aromatic N) is 4. The fourth-order valence-electron chi connectivity index (χ4n) is 2.63. The standard InChI is InChI=1S/C15H26N4/c1-4-5-8-18(3)14-10-15(17-12-16-14)19-9-6-7-13(2)11-19/h10,12-13H,4-9,11H2,1-3H3. The van der Waals surface area contributed by atoms with Gasteiger partial charge >= 0.3 is 0 Å². The van der Waals surface area contributed by atoms with Gasteiger partial charge in [-0.05, 0) is 25.2 Å². The first-order valence-corrected chi connectivity index (χ1v) is 7.49. The Labute approximate surface area is 116 Å². The third-order valence-corrected chi connectivity index (χ3v) is 3.86. The van der Waals surface area contributed by atoms with Gasteiger partial charge < -0.3 is 9.80 Å². The highest BCUT2D eigenvalue weighted by Crippen LogP contribution is 2.23. The highest BCUT2D eigenvalue weighted by Gasteiger charge is 2.18. The van der Waals surface area contributed by atoms with E-state index in [1.54, 1.807) is 6.33 Å². The summed E-state index contributed by atoms with van der Waals surface area (Å²) < 4.78 is 0. The Morgan fingerprint density at radius 1 is 1.42 bits per heavy atom. The first-order valence-electron chi connectivity index (χ1n) is 7.49. The Morgan fingerprint density at radius 3 is 3.00 bits per heavy atom. The normalized spacial score (nSPS) is 19.5. The van der Waals surface area contributed by atoms with Gasteiger partial charge in [0.2, 0.25) is 0 Å². The van der Waals surface area contributed by atoms with E-state index in [1.807, 2.05) is 0 Å². The number of hydrogen-bond donors (Lipinski definition) is 0. The summed E-state index contributed by atoms with van der Waals surface area (Å²) >= 11 is 0. The molecule has 0 aromatic carbocycles. The molecule has 19 heavy (non-hydrogen) atoms. The van der Waals surface area contributed by atoms with Gasteiger partial charge in [0.1, 0.15) is 18.0 Å². The molecule has 0 radical (unpaired) electrons. The van der Waals surface area contributed by atoms with Crippen LogP contribution in [-0.2, 0) is 0 Å². The van der Waals surface area contributed by atoms with Gasteiger partial charge in [-0.1, -0.05) is 20.3 Å². The topological polar surface area (TPSA) is 32.3 Å². The highest BCUT2D eigenvalue weighted by molar-refractivity contribution is 5.49. The molecular formula is C15H26N4. The maximum absolute atomic E-state index is 4.45. The zero-order valence-electron chi connectivity index (χ0n) is 12.5. The molecule has 1 fully saturated rings. The molecule has 2 heterocycles. The summed E-state index contributed by atoms with van der Waals surface area (Å²) in [6, 6.07) is 2.13. The maximum Gasteiger partial charge on any atom is 0.134 e. The number of aromatic nitrogens is 2. The Bertz CT molecular complexity index is 393. The summed E-state index contributed by atoms with van der Waals surface area (Å²) in [5, 5.41) is 0. The maximum atomic E-state index is 4.45. The van der Waals surface area contributed by atoms with Gasteiger partial charge in [0.05, 0.1) is 0 Å². The van der Waals surface area contributed by atoms with E-state index in [2.05, 4.69) is 46.7 Å². The fraction of sp³-hybridized carbons (Fsp3) is 0.733. The predicted molar refractivity (Wildman–Crippen MR) is 80.8 cm³/mol. The van der Waals surface area contributed by atoms with Crippen LogP contribution in [0.5, 0.6) is 0 Å². The Hall–Kier alpha value is -1.32. The first kappa shape index (κ1) is 14.1. The second-order valence-electron chi connectivity index (χ2n) is 5.70. The van der Waals surface area contributed by atoms with Crippen LogP contribution in [0, 0.1) is 5.92 Å². The van der Waals surface area contributed by atoms with Crippen LogP contribution in [0.3, 0.4) is 0 Å². The lowest BCUT2D eigenvalue weighted by Crippen LogP contribution is -2.35. The molecule has 1 aliphatic rings. The SMILES string of the molecule is CCCCN(C)c1cc(N2CCCC(C)C2)ncn1. The third kappa shape index (κ3) is 3.82. The van der Waals surface area contributed by atoms with Crippen molar-refractivity contribution in [3.05, 3.63) is 12.4 Å². The van der Waals surface area contributed by atoms with Crippen LogP contribution in [0.4, 0.5) is 11.6 Å². The van der Waals surface area contributed by atoms with E-state index in [-0.39, 0.29) is 0 Å². The lowest BCUT2D eigenvalue weighted by Gasteiger charge is -2.32. The zero-order chi connectivity index (χ0) is 13.7. The molecule has 4 nitrogen and oxygen atoms in total. The first-order chi connectivity index (χ1) is 9.20. The van der Waals surface area contributed by atoms with Crippen LogP contribution >= 0.6 is 0 Å². The highest BCUT2D eigenvalue weighted by atomic mass is 15.2. The quantitative estimate of drug-likeness (QED) is 0.816. The van der Waals surface area contributed by atoms with Crippen molar-refractivity contribution in [1.29, 1.82) is 0 Å². The molecule has 1 aliphatic heterocycles. The molecule has 106 valence electrons. The Balaban J connectivity index is 2.05. The van der Waals surface area contributed by atoms with E-state index in [9.17, 15) is 0 Å². The summed E-state index contributed by atoms with van der Waals surface area (Å²) in [4.78, 5) is 13.5. The van der Waals surface area contributed by atoms with Gasteiger partial charge in [-0.25, -0.2) is 9.97 Å². The lowest BCUT2D eigenvalue weighted by molar-refractivity contribution is 0.444. The summed E-state index contributed by atoms with van der Waals surface area (Å²) in [5.74, 6) is 2.89. The number of anilines is 2. The van der Waals surface area contributed by atoms with Gasteiger partial charge in [-0.2, -0.15) is 0 Å². The smallest absolute Gasteiger partial charge is 0.134 e. The fourth-order valence-corrected chi connectivity index (χ4v) is 2.63. The van der Waals surface area contributed by atoms with Crippen molar-refractivity contribution in [1.82, 2.24) is 9.97 Å². The molecule has 0 spiro atoms. The lowest BCUT2D eigenvalue weighted by atomic mass is 10.0. The summed E-state index contributed by atoms with van der Waals surface area (Å²) in [6.07, 6.45) is 6.73. The Morgan fingerprint density at radius 2 is 2.26 bits per heavy atom. The zero-order valence-corrected chi connectivity index (χ0v) is 12.5. The number of rotatable bonds is 5. The van der Waals surface area contributed by atoms with E-state index in [1.165, 1.54) is 25.7 Å². The van der Waals surface area contributed by atoms with E-state index < -0.39 is 0 Å². The number of hydrogen-bond acceptors (Lipinski definition) is 4. The third-order valence-electron chi connectivity index (χ3n) is 3.86. The minimum absolute atomic E-state index is 0.769. The molecule has 1 aromatic heterocycles. The minimum Gasteiger partial charge on any atom is -0.360 e. The molecule has 4 heteroatoms. The van der Waals surface area contributed by atoms with Crippen LogP contribution in [0.15, 0.2) is 12.4 Å². The second-order valence-corrected chi connectivity index (χ2v) is 5.70. The second kappa shape index (κ2) is 6.73. The van der Waals surface area contributed by atoms with Gasteiger partial charge in [0.15, 0.2) is 0 Å². The van der Waals surface area contributed by atoms with Gasteiger partial charge in [0, 0.05) is 32.7 Å². The van der Waals surface area contributed by atoms with Crippen molar-refractivity contribution in [3.63, 3.8) is 0 Å². The van der Waals surface area contributed by atoms with Crippen molar-refractivity contribution >= 4 is 11.6 Å². The van der Waals surface area contributed by atoms with E-state index in [0.29, 0.717) is 0 Å². The van der Waals surface area contributed by atoms with Crippen LogP contribution < -0.4 is 9.80 Å². The van der Waals surface area contributed by atoms with E-state index >= 15 is 0 Å².